The number of phenolic OH excluding ortho intramolecular Hbond substituents is 2. The summed E-state index contributed by atoms with van der Waals surface area (Å²) in [5.74, 6) is -0.238. The Morgan fingerprint density at radius 1 is 1.06 bits per heavy atom. The maximum atomic E-state index is 9.86. The molecule has 0 amide bonds. The van der Waals surface area contributed by atoms with Crippen molar-refractivity contribution < 1.29 is 10.2 Å². The number of aromatic nitrogens is 1. The Kier molecular flexibility index (Phi) is 2.45. The van der Waals surface area contributed by atoms with E-state index < -0.39 is 0 Å². The lowest BCUT2D eigenvalue weighted by molar-refractivity contribution is 0.405. The Morgan fingerprint density at radius 2 is 1.83 bits per heavy atom. The van der Waals surface area contributed by atoms with E-state index in [9.17, 15) is 10.2 Å². The van der Waals surface area contributed by atoms with Crippen molar-refractivity contribution in [3.05, 3.63) is 42.0 Å². The van der Waals surface area contributed by atoms with Crippen LogP contribution >= 0.6 is 11.3 Å². The van der Waals surface area contributed by atoms with Gasteiger partial charge in [-0.15, -0.1) is 11.3 Å². The summed E-state index contributed by atoms with van der Waals surface area (Å²) >= 11 is 1.51. The molecule has 3 rings (SSSR count). The fourth-order valence-corrected chi connectivity index (χ4v) is 2.98. The van der Waals surface area contributed by atoms with Crippen molar-refractivity contribution in [1.29, 1.82) is 0 Å². The normalized spacial score (nSPS) is 10.9. The molecule has 0 unspecified atom stereocenters. The van der Waals surface area contributed by atoms with Gasteiger partial charge in [-0.2, -0.15) is 0 Å². The van der Waals surface area contributed by atoms with E-state index in [0.717, 1.165) is 15.8 Å². The maximum absolute atomic E-state index is 9.86. The average molecular weight is 257 g/mol. The largest absolute Gasteiger partial charge is 0.504 e. The summed E-state index contributed by atoms with van der Waals surface area (Å²) in [5, 5.41) is 20.1. The molecule has 90 valence electrons. The summed E-state index contributed by atoms with van der Waals surface area (Å²) < 4.78 is 1.08. The zero-order chi connectivity index (χ0) is 12.7. The number of hydrogen-bond acceptors (Lipinski definition) is 4. The van der Waals surface area contributed by atoms with E-state index in [1.807, 2.05) is 25.1 Å². The molecule has 0 aliphatic heterocycles. The molecular formula is C14H11NO2S. The van der Waals surface area contributed by atoms with Gasteiger partial charge in [-0.3, -0.25) is 0 Å². The first-order valence-electron chi connectivity index (χ1n) is 5.54. The minimum absolute atomic E-state index is 0.116. The third-order valence-electron chi connectivity index (χ3n) is 2.87. The van der Waals surface area contributed by atoms with Gasteiger partial charge in [0.1, 0.15) is 5.01 Å². The van der Waals surface area contributed by atoms with Crippen LogP contribution in [0.1, 0.15) is 5.56 Å². The molecule has 0 fully saturated rings. The molecule has 0 spiro atoms. The van der Waals surface area contributed by atoms with Gasteiger partial charge in [0.25, 0.3) is 0 Å². The molecule has 0 saturated carbocycles. The highest BCUT2D eigenvalue weighted by atomic mass is 32.1. The first-order valence-corrected chi connectivity index (χ1v) is 6.36. The van der Waals surface area contributed by atoms with Crippen molar-refractivity contribution in [2.45, 2.75) is 6.92 Å². The van der Waals surface area contributed by atoms with Crippen LogP contribution in [0.15, 0.2) is 36.4 Å². The predicted octanol–water partition coefficient (Wildman–Crippen LogP) is 3.68. The SMILES string of the molecule is Cc1cccc2sc(-c3cccc(O)c3O)nc12. The van der Waals surface area contributed by atoms with Gasteiger partial charge in [-0.05, 0) is 30.7 Å². The molecule has 0 saturated heterocycles. The summed E-state index contributed by atoms with van der Waals surface area (Å²) in [5.41, 5.74) is 2.62. The van der Waals surface area contributed by atoms with Gasteiger partial charge < -0.3 is 10.2 Å². The number of aryl methyl sites for hydroxylation is 1. The molecular weight excluding hydrogens is 246 g/mol. The van der Waals surface area contributed by atoms with E-state index in [4.69, 9.17) is 0 Å². The molecule has 0 bridgehead atoms. The number of fused-ring (bicyclic) bond motifs is 1. The third-order valence-corrected chi connectivity index (χ3v) is 3.92. The van der Waals surface area contributed by atoms with Crippen LogP contribution in [0.5, 0.6) is 11.5 Å². The molecule has 1 heterocycles. The Hall–Kier alpha value is -2.07. The van der Waals surface area contributed by atoms with Crippen LogP contribution in [-0.4, -0.2) is 15.2 Å². The highest BCUT2D eigenvalue weighted by molar-refractivity contribution is 7.21. The lowest BCUT2D eigenvalue weighted by atomic mass is 10.2. The summed E-state index contributed by atoms with van der Waals surface area (Å²) in [7, 11) is 0. The van der Waals surface area contributed by atoms with Gasteiger partial charge in [-0.25, -0.2) is 4.98 Å². The molecule has 2 aromatic carbocycles. The number of phenols is 2. The molecule has 4 heteroatoms. The molecule has 1 aromatic heterocycles. The van der Waals surface area contributed by atoms with Crippen LogP contribution in [0.3, 0.4) is 0 Å². The summed E-state index contributed by atoms with van der Waals surface area (Å²) in [6.07, 6.45) is 0. The zero-order valence-electron chi connectivity index (χ0n) is 9.71. The molecule has 3 aromatic rings. The highest BCUT2D eigenvalue weighted by Crippen LogP contribution is 2.39. The number of para-hydroxylation sites is 2. The van der Waals surface area contributed by atoms with Crippen molar-refractivity contribution in [3.8, 4) is 22.1 Å². The Labute approximate surface area is 108 Å². The molecule has 2 N–H and O–H groups in total. The fourth-order valence-electron chi connectivity index (χ4n) is 1.91. The number of nitrogens with zero attached hydrogens (tertiary/aromatic N) is 1. The van der Waals surface area contributed by atoms with Crippen molar-refractivity contribution in [2.75, 3.05) is 0 Å². The number of thiazole rings is 1. The van der Waals surface area contributed by atoms with Gasteiger partial charge in [0, 0.05) is 0 Å². The molecule has 3 nitrogen and oxygen atoms in total. The Morgan fingerprint density at radius 3 is 2.61 bits per heavy atom. The van der Waals surface area contributed by atoms with Crippen LogP contribution in [-0.2, 0) is 0 Å². The number of rotatable bonds is 1. The van der Waals surface area contributed by atoms with E-state index in [0.29, 0.717) is 10.6 Å². The lowest BCUT2D eigenvalue weighted by Crippen LogP contribution is -1.79. The standard InChI is InChI=1S/C14H11NO2S/c1-8-4-2-7-11-12(8)15-14(18-11)9-5-3-6-10(16)13(9)17/h2-7,16-17H,1H3. The number of benzene rings is 2. The minimum Gasteiger partial charge on any atom is -0.504 e. The van der Waals surface area contributed by atoms with Crippen molar-refractivity contribution in [3.63, 3.8) is 0 Å². The topological polar surface area (TPSA) is 53.4 Å². The quantitative estimate of drug-likeness (QED) is 0.654. The van der Waals surface area contributed by atoms with E-state index >= 15 is 0 Å². The third kappa shape index (κ3) is 1.62. The highest BCUT2D eigenvalue weighted by Gasteiger charge is 2.13. The second kappa shape index (κ2) is 3.99. The van der Waals surface area contributed by atoms with E-state index in [-0.39, 0.29) is 11.5 Å². The van der Waals surface area contributed by atoms with Crippen LogP contribution in [0.25, 0.3) is 20.8 Å². The predicted molar refractivity (Wildman–Crippen MR) is 73.1 cm³/mol. The molecule has 0 atom stereocenters. The van der Waals surface area contributed by atoms with E-state index in [1.165, 1.54) is 17.4 Å². The number of aromatic hydroxyl groups is 2. The van der Waals surface area contributed by atoms with Crippen molar-refractivity contribution in [1.82, 2.24) is 4.98 Å². The first kappa shape index (κ1) is 11.0. The second-order valence-electron chi connectivity index (χ2n) is 4.11. The summed E-state index contributed by atoms with van der Waals surface area (Å²) in [4.78, 5) is 4.53. The first-order chi connectivity index (χ1) is 8.66. The fraction of sp³-hybridized carbons (Fsp3) is 0.0714. The van der Waals surface area contributed by atoms with Crippen molar-refractivity contribution in [2.24, 2.45) is 0 Å². The van der Waals surface area contributed by atoms with Crippen LogP contribution in [0, 0.1) is 6.92 Å². The summed E-state index contributed by atoms with van der Waals surface area (Å²) in [6, 6.07) is 10.9. The van der Waals surface area contributed by atoms with Gasteiger partial charge >= 0.3 is 0 Å². The van der Waals surface area contributed by atoms with Gasteiger partial charge in [0.05, 0.1) is 15.8 Å². The molecule has 18 heavy (non-hydrogen) atoms. The second-order valence-corrected chi connectivity index (χ2v) is 5.14. The molecule has 0 aliphatic rings. The van der Waals surface area contributed by atoms with Crippen LogP contribution in [0.4, 0.5) is 0 Å². The van der Waals surface area contributed by atoms with Crippen LogP contribution in [0.2, 0.25) is 0 Å². The molecule has 0 aliphatic carbocycles. The van der Waals surface area contributed by atoms with E-state index in [2.05, 4.69) is 4.98 Å². The van der Waals surface area contributed by atoms with E-state index in [1.54, 1.807) is 12.1 Å². The zero-order valence-corrected chi connectivity index (χ0v) is 10.5. The monoisotopic (exact) mass is 257 g/mol. The van der Waals surface area contributed by atoms with Crippen LogP contribution < -0.4 is 0 Å². The lowest BCUT2D eigenvalue weighted by Gasteiger charge is -2.01. The maximum Gasteiger partial charge on any atom is 0.167 e. The van der Waals surface area contributed by atoms with Crippen molar-refractivity contribution >= 4 is 21.6 Å². The average Bonchev–Trinajstić information content (AvgIpc) is 2.78. The van der Waals surface area contributed by atoms with Gasteiger partial charge in [0.2, 0.25) is 0 Å². The Balaban J connectivity index is 2.26. The Bertz CT molecular complexity index is 734. The number of hydrogen-bond donors (Lipinski definition) is 2. The molecule has 0 radical (unpaired) electrons. The van der Waals surface area contributed by atoms with Gasteiger partial charge in [-0.1, -0.05) is 18.2 Å². The minimum atomic E-state index is -0.122. The summed E-state index contributed by atoms with van der Waals surface area (Å²) in [6.45, 7) is 2.01. The van der Waals surface area contributed by atoms with Gasteiger partial charge in [0.15, 0.2) is 11.5 Å². The smallest absolute Gasteiger partial charge is 0.167 e.